The van der Waals surface area contributed by atoms with Crippen molar-refractivity contribution in [2.24, 2.45) is 5.92 Å². The average molecular weight is 235 g/mol. The zero-order valence-electron chi connectivity index (χ0n) is 10.8. The van der Waals surface area contributed by atoms with E-state index in [1.807, 2.05) is 12.1 Å². The standard InChI is InChI=1S/C15H22FN/c1-12(2)17-9-3-4-14(11-17)10-13-5-7-15(16)8-6-13/h5-8,12,14H,3-4,9-11H2,1-2H3/t14-/m1/s1. The molecule has 94 valence electrons. The van der Waals surface area contributed by atoms with E-state index in [-0.39, 0.29) is 5.82 Å². The zero-order chi connectivity index (χ0) is 12.3. The van der Waals surface area contributed by atoms with Crippen molar-refractivity contribution in [3.8, 4) is 0 Å². The van der Waals surface area contributed by atoms with Gasteiger partial charge in [0, 0.05) is 12.6 Å². The molecule has 1 atom stereocenters. The highest BCUT2D eigenvalue weighted by Crippen LogP contribution is 2.22. The number of likely N-dealkylation sites (tertiary alicyclic amines) is 1. The van der Waals surface area contributed by atoms with Gasteiger partial charge in [0.1, 0.15) is 5.82 Å². The third-order valence-corrected chi connectivity index (χ3v) is 3.72. The van der Waals surface area contributed by atoms with E-state index in [2.05, 4.69) is 18.7 Å². The molecular formula is C15H22FN. The summed E-state index contributed by atoms with van der Waals surface area (Å²) in [5.41, 5.74) is 1.27. The van der Waals surface area contributed by atoms with E-state index in [0.717, 1.165) is 12.3 Å². The van der Waals surface area contributed by atoms with Gasteiger partial charge in [0.25, 0.3) is 0 Å². The molecule has 1 heterocycles. The molecule has 1 saturated heterocycles. The Morgan fingerprint density at radius 1 is 1.29 bits per heavy atom. The largest absolute Gasteiger partial charge is 0.301 e. The fourth-order valence-corrected chi connectivity index (χ4v) is 2.69. The van der Waals surface area contributed by atoms with Crippen LogP contribution in [0.4, 0.5) is 4.39 Å². The maximum Gasteiger partial charge on any atom is 0.123 e. The number of rotatable bonds is 3. The first-order valence-electron chi connectivity index (χ1n) is 6.63. The summed E-state index contributed by atoms with van der Waals surface area (Å²) >= 11 is 0. The highest BCUT2D eigenvalue weighted by atomic mass is 19.1. The van der Waals surface area contributed by atoms with Gasteiger partial charge in [-0.15, -0.1) is 0 Å². The maximum absolute atomic E-state index is 12.8. The van der Waals surface area contributed by atoms with Crippen LogP contribution < -0.4 is 0 Å². The molecule has 0 radical (unpaired) electrons. The Labute approximate surface area is 104 Å². The Morgan fingerprint density at radius 3 is 2.65 bits per heavy atom. The Kier molecular flexibility index (Phi) is 4.16. The van der Waals surface area contributed by atoms with Gasteiger partial charge in [0.2, 0.25) is 0 Å². The van der Waals surface area contributed by atoms with Crippen molar-refractivity contribution < 1.29 is 4.39 Å². The molecule has 0 aromatic heterocycles. The van der Waals surface area contributed by atoms with Crippen LogP contribution >= 0.6 is 0 Å². The molecule has 1 fully saturated rings. The summed E-state index contributed by atoms with van der Waals surface area (Å²) in [6, 6.07) is 7.62. The molecule has 2 heteroatoms. The number of nitrogens with zero attached hydrogens (tertiary/aromatic N) is 1. The van der Waals surface area contributed by atoms with Crippen molar-refractivity contribution in [1.82, 2.24) is 4.90 Å². The van der Waals surface area contributed by atoms with E-state index < -0.39 is 0 Å². The molecule has 1 nitrogen and oxygen atoms in total. The van der Waals surface area contributed by atoms with E-state index in [1.165, 1.54) is 31.5 Å². The SMILES string of the molecule is CC(C)N1CCC[C@H](Cc2ccc(F)cc2)C1. The molecule has 1 aromatic carbocycles. The molecule has 1 aromatic rings. The smallest absolute Gasteiger partial charge is 0.123 e. The average Bonchev–Trinajstić information content (AvgIpc) is 2.32. The molecule has 0 N–H and O–H groups in total. The van der Waals surface area contributed by atoms with Gasteiger partial charge in [-0.3, -0.25) is 0 Å². The molecule has 17 heavy (non-hydrogen) atoms. The fraction of sp³-hybridized carbons (Fsp3) is 0.600. The maximum atomic E-state index is 12.8. The van der Waals surface area contributed by atoms with Crippen LogP contribution in [0.1, 0.15) is 32.3 Å². The van der Waals surface area contributed by atoms with Crippen LogP contribution in [0.5, 0.6) is 0 Å². The van der Waals surface area contributed by atoms with Crippen LogP contribution in [0.25, 0.3) is 0 Å². The minimum absolute atomic E-state index is 0.138. The van der Waals surface area contributed by atoms with Crippen molar-refractivity contribution in [1.29, 1.82) is 0 Å². The lowest BCUT2D eigenvalue weighted by atomic mass is 9.91. The van der Waals surface area contributed by atoms with Crippen molar-refractivity contribution in [2.75, 3.05) is 13.1 Å². The topological polar surface area (TPSA) is 3.24 Å². The minimum Gasteiger partial charge on any atom is -0.301 e. The molecule has 0 aliphatic carbocycles. The third-order valence-electron chi connectivity index (χ3n) is 3.72. The Bertz CT molecular complexity index is 344. The summed E-state index contributed by atoms with van der Waals surface area (Å²) < 4.78 is 12.8. The molecule has 0 saturated carbocycles. The second kappa shape index (κ2) is 5.63. The van der Waals surface area contributed by atoms with Crippen molar-refractivity contribution >= 4 is 0 Å². The number of hydrogen-bond acceptors (Lipinski definition) is 1. The summed E-state index contributed by atoms with van der Waals surface area (Å²) in [6.07, 6.45) is 3.69. The first-order chi connectivity index (χ1) is 8.15. The van der Waals surface area contributed by atoms with Crippen LogP contribution in [0.2, 0.25) is 0 Å². The van der Waals surface area contributed by atoms with Crippen LogP contribution in [0.3, 0.4) is 0 Å². The quantitative estimate of drug-likeness (QED) is 0.775. The Morgan fingerprint density at radius 2 is 2.00 bits per heavy atom. The van der Waals surface area contributed by atoms with Gasteiger partial charge in [-0.05, 0) is 63.3 Å². The molecule has 1 aliphatic heterocycles. The second-order valence-corrected chi connectivity index (χ2v) is 5.43. The molecule has 0 amide bonds. The third kappa shape index (κ3) is 3.53. The Hall–Kier alpha value is -0.890. The van der Waals surface area contributed by atoms with Crippen molar-refractivity contribution in [3.63, 3.8) is 0 Å². The lowest BCUT2D eigenvalue weighted by molar-refractivity contribution is 0.139. The van der Waals surface area contributed by atoms with Crippen molar-refractivity contribution in [2.45, 2.75) is 39.2 Å². The van der Waals surface area contributed by atoms with Gasteiger partial charge in [-0.1, -0.05) is 12.1 Å². The van der Waals surface area contributed by atoms with E-state index >= 15 is 0 Å². The van der Waals surface area contributed by atoms with Gasteiger partial charge in [0.05, 0.1) is 0 Å². The number of piperidine rings is 1. The highest BCUT2D eigenvalue weighted by Gasteiger charge is 2.21. The van der Waals surface area contributed by atoms with Crippen LogP contribution in [-0.4, -0.2) is 24.0 Å². The number of halogens is 1. The second-order valence-electron chi connectivity index (χ2n) is 5.43. The van der Waals surface area contributed by atoms with Crippen LogP contribution in [-0.2, 0) is 6.42 Å². The summed E-state index contributed by atoms with van der Waals surface area (Å²) in [4.78, 5) is 2.55. The van der Waals surface area contributed by atoms with E-state index in [4.69, 9.17) is 0 Å². The Balaban J connectivity index is 1.92. The molecule has 0 unspecified atom stereocenters. The number of hydrogen-bond donors (Lipinski definition) is 0. The van der Waals surface area contributed by atoms with E-state index in [0.29, 0.717) is 6.04 Å². The van der Waals surface area contributed by atoms with Crippen LogP contribution in [0, 0.1) is 11.7 Å². The first-order valence-corrected chi connectivity index (χ1v) is 6.63. The monoisotopic (exact) mass is 235 g/mol. The summed E-state index contributed by atoms with van der Waals surface area (Å²) in [6.45, 7) is 6.95. The van der Waals surface area contributed by atoms with Gasteiger partial charge in [-0.25, -0.2) is 4.39 Å². The molecular weight excluding hydrogens is 213 g/mol. The summed E-state index contributed by atoms with van der Waals surface area (Å²) in [7, 11) is 0. The lowest BCUT2D eigenvalue weighted by Crippen LogP contribution is -2.40. The summed E-state index contributed by atoms with van der Waals surface area (Å²) in [5, 5.41) is 0. The van der Waals surface area contributed by atoms with Crippen molar-refractivity contribution in [3.05, 3.63) is 35.6 Å². The fourth-order valence-electron chi connectivity index (χ4n) is 2.69. The van der Waals surface area contributed by atoms with Gasteiger partial charge < -0.3 is 4.90 Å². The van der Waals surface area contributed by atoms with Crippen LogP contribution in [0.15, 0.2) is 24.3 Å². The molecule has 0 spiro atoms. The predicted octanol–water partition coefficient (Wildman–Crippen LogP) is 3.49. The van der Waals surface area contributed by atoms with Gasteiger partial charge >= 0.3 is 0 Å². The molecule has 0 bridgehead atoms. The number of benzene rings is 1. The highest BCUT2D eigenvalue weighted by molar-refractivity contribution is 5.16. The zero-order valence-corrected chi connectivity index (χ0v) is 10.8. The lowest BCUT2D eigenvalue weighted by Gasteiger charge is -2.35. The summed E-state index contributed by atoms with van der Waals surface area (Å²) in [5.74, 6) is 0.595. The minimum atomic E-state index is -0.138. The van der Waals surface area contributed by atoms with Gasteiger partial charge in [0.15, 0.2) is 0 Å². The first kappa shape index (κ1) is 12.6. The van der Waals surface area contributed by atoms with E-state index in [1.54, 1.807) is 12.1 Å². The normalized spacial score (nSPS) is 22.0. The predicted molar refractivity (Wildman–Crippen MR) is 69.5 cm³/mol. The molecule has 2 rings (SSSR count). The van der Waals surface area contributed by atoms with E-state index in [9.17, 15) is 4.39 Å². The van der Waals surface area contributed by atoms with Gasteiger partial charge in [-0.2, -0.15) is 0 Å². The molecule has 1 aliphatic rings.